The van der Waals surface area contributed by atoms with E-state index in [9.17, 15) is 9.59 Å². The number of thiazole rings is 1. The fourth-order valence-corrected chi connectivity index (χ4v) is 3.62. The fourth-order valence-electron chi connectivity index (χ4n) is 2.75. The van der Waals surface area contributed by atoms with Gasteiger partial charge in [-0.2, -0.15) is 4.68 Å². The van der Waals surface area contributed by atoms with E-state index in [2.05, 4.69) is 15.4 Å². The summed E-state index contributed by atoms with van der Waals surface area (Å²) in [7, 11) is 0. The molecule has 1 aromatic carbocycles. The molecule has 7 heteroatoms. The van der Waals surface area contributed by atoms with Gasteiger partial charge in [0.2, 0.25) is 11.0 Å². The van der Waals surface area contributed by atoms with Crippen molar-refractivity contribution < 1.29 is 4.79 Å². The minimum Gasteiger partial charge on any atom is -0.326 e. The summed E-state index contributed by atoms with van der Waals surface area (Å²) < 4.78 is 1.47. The van der Waals surface area contributed by atoms with Crippen molar-refractivity contribution in [3.05, 3.63) is 62.0 Å². The maximum Gasteiger partial charge on any atom is 0.276 e. The van der Waals surface area contributed by atoms with Crippen molar-refractivity contribution in [2.45, 2.75) is 40.5 Å². The number of anilines is 1. The lowest BCUT2D eigenvalue weighted by Crippen LogP contribution is -2.19. The van der Waals surface area contributed by atoms with Gasteiger partial charge in [-0.15, -0.1) is 0 Å². The molecule has 0 radical (unpaired) electrons. The number of aryl methyl sites for hydroxylation is 4. The number of H-pyrrole nitrogens is 1. The number of aromatic nitrogens is 3. The molecule has 3 rings (SSSR count). The number of benzene rings is 1. The van der Waals surface area contributed by atoms with Gasteiger partial charge in [-0.1, -0.05) is 23.5 Å². The van der Waals surface area contributed by atoms with E-state index >= 15 is 0 Å². The van der Waals surface area contributed by atoms with Crippen LogP contribution in [0.4, 0.5) is 5.69 Å². The van der Waals surface area contributed by atoms with Crippen LogP contribution >= 0.6 is 11.3 Å². The number of hydrogen-bond acceptors (Lipinski definition) is 4. The average Bonchev–Trinajstić information content (AvgIpc) is 3.05. The molecule has 0 aliphatic rings. The van der Waals surface area contributed by atoms with E-state index in [0.29, 0.717) is 17.1 Å². The average molecular weight is 370 g/mol. The van der Waals surface area contributed by atoms with Gasteiger partial charge in [-0.25, -0.2) is 4.98 Å². The predicted octanol–water partition coefficient (Wildman–Crippen LogP) is 3.43. The molecule has 0 aliphatic heterocycles. The van der Waals surface area contributed by atoms with Gasteiger partial charge in [0.1, 0.15) is 0 Å². The molecule has 26 heavy (non-hydrogen) atoms. The standard InChI is InChI=1S/C19H22N4O2S/c1-11-6-5-7-15(10-11)21-17(24)9-8-16-13(3)22-23(18(16)25)19-20-12(2)14(4)26-19/h5-7,10,22H,8-9H2,1-4H3,(H,21,24). The summed E-state index contributed by atoms with van der Waals surface area (Å²) in [5.74, 6) is -0.108. The summed E-state index contributed by atoms with van der Waals surface area (Å²) in [5, 5.41) is 6.57. The van der Waals surface area contributed by atoms with E-state index in [1.165, 1.54) is 16.0 Å². The molecule has 0 fully saturated rings. The molecule has 3 aromatic rings. The van der Waals surface area contributed by atoms with Gasteiger partial charge in [-0.3, -0.25) is 14.7 Å². The Balaban J connectivity index is 1.72. The summed E-state index contributed by atoms with van der Waals surface area (Å²) in [6.45, 7) is 7.73. The molecule has 0 saturated heterocycles. The first-order valence-electron chi connectivity index (χ1n) is 8.46. The molecule has 0 saturated carbocycles. The lowest BCUT2D eigenvalue weighted by Gasteiger charge is -2.05. The van der Waals surface area contributed by atoms with E-state index in [4.69, 9.17) is 0 Å². The van der Waals surface area contributed by atoms with Crippen LogP contribution in [0.3, 0.4) is 0 Å². The fraction of sp³-hybridized carbons (Fsp3) is 0.316. The van der Waals surface area contributed by atoms with E-state index < -0.39 is 0 Å². The molecule has 0 bridgehead atoms. The van der Waals surface area contributed by atoms with Crippen molar-refractivity contribution >= 4 is 22.9 Å². The highest BCUT2D eigenvalue weighted by Crippen LogP contribution is 2.19. The minimum atomic E-state index is -0.139. The predicted molar refractivity (Wildman–Crippen MR) is 104 cm³/mol. The number of nitrogens with one attached hydrogen (secondary N) is 2. The molecule has 1 amide bonds. The largest absolute Gasteiger partial charge is 0.326 e. The highest BCUT2D eigenvalue weighted by atomic mass is 32.1. The number of carbonyl (C=O) groups is 1. The van der Waals surface area contributed by atoms with Crippen LogP contribution in [0, 0.1) is 27.7 Å². The molecule has 0 unspecified atom stereocenters. The first-order valence-corrected chi connectivity index (χ1v) is 9.28. The Morgan fingerprint density at radius 2 is 2.04 bits per heavy atom. The number of hydrogen-bond donors (Lipinski definition) is 2. The highest BCUT2D eigenvalue weighted by Gasteiger charge is 2.16. The normalized spacial score (nSPS) is 10.9. The molecule has 2 heterocycles. The van der Waals surface area contributed by atoms with Crippen LogP contribution in [-0.4, -0.2) is 20.7 Å². The third kappa shape index (κ3) is 3.77. The van der Waals surface area contributed by atoms with Crippen LogP contribution in [0.1, 0.15) is 33.8 Å². The topological polar surface area (TPSA) is 79.8 Å². The van der Waals surface area contributed by atoms with Gasteiger partial charge in [0, 0.05) is 28.2 Å². The van der Waals surface area contributed by atoms with E-state index in [1.54, 1.807) is 0 Å². The maximum atomic E-state index is 12.7. The summed E-state index contributed by atoms with van der Waals surface area (Å²) >= 11 is 1.47. The van der Waals surface area contributed by atoms with E-state index in [-0.39, 0.29) is 17.9 Å². The summed E-state index contributed by atoms with van der Waals surface area (Å²) in [5.41, 5.74) is 4.02. The quantitative estimate of drug-likeness (QED) is 0.722. The monoisotopic (exact) mass is 370 g/mol. The first-order chi connectivity index (χ1) is 12.3. The number of rotatable bonds is 5. The lowest BCUT2D eigenvalue weighted by atomic mass is 10.1. The molecular weight excluding hydrogens is 348 g/mol. The van der Waals surface area contributed by atoms with Crippen molar-refractivity contribution in [1.82, 2.24) is 14.8 Å². The summed E-state index contributed by atoms with van der Waals surface area (Å²) in [6.07, 6.45) is 0.632. The summed E-state index contributed by atoms with van der Waals surface area (Å²) in [4.78, 5) is 30.4. The molecule has 136 valence electrons. The zero-order valence-electron chi connectivity index (χ0n) is 15.3. The second-order valence-electron chi connectivity index (χ2n) is 6.41. The molecule has 0 atom stereocenters. The van der Waals surface area contributed by atoms with Gasteiger partial charge in [0.15, 0.2) is 0 Å². The van der Waals surface area contributed by atoms with Gasteiger partial charge in [-0.05, 0) is 51.8 Å². The Morgan fingerprint density at radius 1 is 1.27 bits per heavy atom. The van der Waals surface area contributed by atoms with Crippen LogP contribution in [0.5, 0.6) is 0 Å². The molecule has 2 aromatic heterocycles. The van der Waals surface area contributed by atoms with Gasteiger partial charge < -0.3 is 5.32 Å². The smallest absolute Gasteiger partial charge is 0.276 e. The number of aromatic amines is 1. The zero-order valence-corrected chi connectivity index (χ0v) is 16.2. The summed E-state index contributed by atoms with van der Waals surface area (Å²) in [6, 6.07) is 7.65. The SMILES string of the molecule is Cc1cccc(NC(=O)CCc2c(C)[nH]n(-c3nc(C)c(C)s3)c2=O)c1. The van der Waals surface area contributed by atoms with Crippen molar-refractivity contribution in [1.29, 1.82) is 0 Å². The van der Waals surface area contributed by atoms with Gasteiger partial charge in [0.05, 0.1) is 5.69 Å². The second kappa shape index (κ2) is 7.29. The molecule has 0 spiro atoms. The van der Waals surface area contributed by atoms with E-state index in [1.807, 2.05) is 52.0 Å². The Morgan fingerprint density at radius 3 is 2.69 bits per heavy atom. The molecule has 0 aliphatic carbocycles. The lowest BCUT2D eigenvalue weighted by molar-refractivity contribution is -0.116. The van der Waals surface area contributed by atoms with Crippen molar-refractivity contribution in [3.63, 3.8) is 0 Å². The Bertz CT molecular complexity index is 993. The van der Waals surface area contributed by atoms with Crippen LogP contribution in [0.2, 0.25) is 0 Å². The van der Waals surface area contributed by atoms with Crippen LogP contribution in [-0.2, 0) is 11.2 Å². The number of nitrogens with zero attached hydrogens (tertiary/aromatic N) is 2. The van der Waals surface area contributed by atoms with Crippen LogP contribution in [0.15, 0.2) is 29.1 Å². The second-order valence-corrected chi connectivity index (χ2v) is 7.59. The van der Waals surface area contributed by atoms with Crippen molar-refractivity contribution in [3.8, 4) is 5.13 Å². The highest BCUT2D eigenvalue weighted by molar-refractivity contribution is 7.14. The minimum absolute atomic E-state index is 0.108. The Labute approximate surface area is 155 Å². The zero-order chi connectivity index (χ0) is 18.8. The van der Waals surface area contributed by atoms with Gasteiger partial charge >= 0.3 is 0 Å². The third-order valence-corrected chi connectivity index (χ3v) is 5.36. The molecular formula is C19H22N4O2S. The first kappa shape index (κ1) is 18.1. The number of amides is 1. The van der Waals surface area contributed by atoms with Crippen LogP contribution < -0.4 is 10.9 Å². The molecule has 6 nitrogen and oxygen atoms in total. The molecule has 2 N–H and O–H groups in total. The van der Waals surface area contributed by atoms with Crippen molar-refractivity contribution in [2.75, 3.05) is 5.32 Å². The third-order valence-electron chi connectivity index (χ3n) is 4.31. The number of carbonyl (C=O) groups excluding carboxylic acids is 1. The van der Waals surface area contributed by atoms with Crippen LogP contribution in [0.25, 0.3) is 5.13 Å². The van der Waals surface area contributed by atoms with E-state index in [0.717, 1.165) is 27.5 Å². The van der Waals surface area contributed by atoms with Gasteiger partial charge in [0.25, 0.3) is 5.56 Å². The maximum absolute atomic E-state index is 12.7. The Hall–Kier alpha value is -2.67. The van der Waals surface area contributed by atoms with Crippen molar-refractivity contribution in [2.24, 2.45) is 0 Å². The Kier molecular flexibility index (Phi) is 5.08.